The fraction of sp³-hybridized carbons (Fsp3) is 0.500. The number of hydrogen-bond acceptors (Lipinski definition) is 3. The predicted octanol–water partition coefficient (Wildman–Crippen LogP) is -3.90. The van der Waals surface area contributed by atoms with Crippen molar-refractivity contribution in [2.75, 3.05) is 19.8 Å². The average molecular weight is 984 g/mol. The molecule has 0 unspecified atom stereocenters. The van der Waals surface area contributed by atoms with Crippen molar-refractivity contribution in [3.05, 3.63) is 83.3 Å². The summed E-state index contributed by atoms with van der Waals surface area (Å²) in [6.45, 7) is 9.40. The normalized spacial score (nSPS) is 11.0. The molecule has 0 aliphatic rings. The lowest BCUT2D eigenvalue weighted by atomic mass is 9.87. The molecule has 0 amide bonds. The maximum Gasteiger partial charge on any atom is 0.255 e. The average Bonchev–Trinajstić information content (AvgIpc) is 3.57. The van der Waals surface area contributed by atoms with E-state index in [1.54, 1.807) is 0 Å². The second kappa shape index (κ2) is 20.8. The van der Waals surface area contributed by atoms with Crippen LogP contribution >= 0.6 is 69.6 Å². The molecule has 0 aliphatic carbocycles. The Labute approximate surface area is 342 Å². The molecule has 3 N–H and O–H groups in total. The van der Waals surface area contributed by atoms with Gasteiger partial charge in [0, 0.05) is 55.8 Å². The van der Waals surface area contributed by atoms with Crippen LogP contribution in [-0.2, 0) is 39.3 Å². The number of halogens is 9. The van der Waals surface area contributed by atoms with Crippen LogP contribution in [0, 0.1) is 20.8 Å². The molecule has 3 aromatic heterocycles. The number of aliphatic hydroxyl groups excluding tert-OH is 3. The highest BCUT2D eigenvalue weighted by atomic mass is 79.9. The van der Waals surface area contributed by atoms with Crippen LogP contribution in [0.3, 0.4) is 0 Å². The number of nitrogens with zero attached hydrogens (tertiary/aromatic N) is 6. The molecule has 48 heavy (non-hydrogen) atoms. The van der Waals surface area contributed by atoms with Crippen LogP contribution in [0.4, 0.5) is 0 Å². The molecule has 3 heterocycles. The molecule has 4 rings (SSSR count). The van der Waals surface area contributed by atoms with Gasteiger partial charge in [-0.05, 0) is 107 Å². The first-order valence-corrected chi connectivity index (χ1v) is 16.9. The van der Waals surface area contributed by atoms with Crippen molar-refractivity contribution in [1.82, 2.24) is 13.7 Å². The Kier molecular flexibility index (Phi) is 19.9. The van der Waals surface area contributed by atoms with Crippen molar-refractivity contribution in [3.8, 4) is 0 Å². The van der Waals surface area contributed by atoms with E-state index in [9.17, 15) is 15.3 Å². The van der Waals surface area contributed by atoms with Gasteiger partial charge in [0.05, 0.1) is 19.6 Å². The minimum Gasteiger partial charge on any atom is -1.00 e. The summed E-state index contributed by atoms with van der Waals surface area (Å²) < 4.78 is 11.2. The summed E-state index contributed by atoms with van der Waals surface area (Å²) in [4.78, 5) is 0. The van der Waals surface area contributed by atoms with E-state index in [1.165, 1.54) is 0 Å². The molecule has 0 spiro atoms. The van der Waals surface area contributed by atoms with Crippen LogP contribution in [0.25, 0.3) is 0 Å². The molecule has 0 saturated heterocycles. The predicted molar refractivity (Wildman–Crippen MR) is 177 cm³/mol. The summed E-state index contributed by atoms with van der Waals surface area (Å²) in [5, 5.41) is 30.5. The molecule has 0 radical (unpaired) electrons. The maximum absolute atomic E-state index is 9.33. The molecule has 0 bridgehead atoms. The second-order valence-corrected chi connectivity index (χ2v) is 13.2. The van der Waals surface area contributed by atoms with Gasteiger partial charge in [0.15, 0.2) is 0 Å². The Morgan fingerprint density at radius 2 is 0.708 bits per heavy atom. The first-order valence-electron chi connectivity index (χ1n) is 14.7. The first kappa shape index (κ1) is 45.9. The van der Waals surface area contributed by atoms with Gasteiger partial charge in [-0.15, -0.1) is 0 Å². The Morgan fingerprint density at radius 1 is 0.479 bits per heavy atom. The molecule has 9 nitrogen and oxygen atoms in total. The number of benzene rings is 1. The first-order chi connectivity index (χ1) is 21.4. The number of imidazole rings is 3. The Hall–Kier alpha value is -0.0900. The number of aryl methyl sites for hydroxylation is 3. The topological polar surface area (TPSA) is 87.1 Å². The monoisotopic (exact) mass is 978 g/mol. The highest BCUT2D eigenvalue weighted by Crippen LogP contribution is 2.30. The summed E-state index contributed by atoms with van der Waals surface area (Å²) in [5.74, 6) is 0. The van der Waals surface area contributed by atoms with Crippen molar-refractivity contribution in [2.24, 2.45) is 0 Å². The Bertz CT molecular complexity index is 1470. The van der Waals surface area contributed by atoms with E-state index in [0.717, 1.165) is 33.4 Å². The largest absolute Gasteiger partial charge is 1.00 e. The molecule has 4 aromatic rings. The van der Waals surface area contributed by atoms with Crippen LogP contribution in [-0.4, -0.2) is 48.8 Å². The summed E-state index contributed by atoms with van der Waals surface area (Å²) in [6.07, 6.45) is 7.28. The number of hydrogen-bond donors (Lipinski definition) is 3. The van der Waals surface area contributed by atoms with Crippen LogP contribution in [0.15, 0.2) is 19.0 Å². The third-order valence-corrected chi connectivity index (χ3v) is 10.9. The van der Waals surface area contributed by atoms with Gasteiger partial charge in [-0.3, -0.25) is 0 Å². The van der Waals surface area contributed by atoms with E-state index in [1.807, 2.05) is 46.4 Å². The van der Waals surface area contributed by atoms with Gasteiger partial charge in [0.25, 0.3) is 30.9 Å². The van der Waals surface area contributed by atoms with Gasteiger partial charge in [-0.1, -0.05) is 0 Å². The fourth-order valence-corrected chi connectivity index (χ4v) is 7.00. The second-order valence-electron chi connectivity index (χ2n) is 11.1. The van der Waals surface area contributed by atoms with Gasteiger partial charge in [-0.25, -0.2) is 27.4 Å². The molecule has 1 aromatic carbocycles. The van der Waals surface area contributed by atoms with E-state index in [2.05, 4.69) is 20.8 Å². The van der Waals surface area contributed by atoms with Gasteiger partial charge in [0.2, 0.25) is 19.0 Å². The molecule has 0 fully saturated rings. The maximum atomic E-state index is 9.33. The number of rotatable bonds is 15. The van der Waals surface area contributed by atoms with Crippen LogP contribution in [0.1, 0.15) is 52.6 Å². The van der Waals surface area contributed by atoms with Crippen molar-refractivity contribution >= 4 is 69.6 Å². The quantitative estimate of drug-likeness (QED) is 0.107. The van der Waals surface area contributed by atoms with Gasteiger partial charge < -0.3 is 66.3 Å². The highest BCUT2D eigenvalue weighted by molar-refractivity contribution is 6.40. The van der Waals surface area contributed by atoms with Crippen LogP contribution < -0.4 is 64.6 Å². The lowest BCUT2D eigenvalue weighted by Gasteiger charge is -2.20. The van der Waals surface area contributed by atoms with E-state index in [0.29, 0.717) is 89.4 Å². The van der Waals surface area contributed by atoms with E-state index < -0.39 is 0 Å². The van der Waals surface area contributed by atoms with Crippen LogP contribution in [0.5, 0.6) is 0 Å². The lowest BCUT2D eigenvalue weighted by Crippen LogP contribution is -3.00. The SMILES string of the molecule is Cc1c(C[n+]2cn(CCCO)c(Cl)c2Cl)c(C)c(C[n+]2cn(CCCO)c(Cl)c2Cl)c(C)c1C[n+]1cn(CCCO)c(Cl)c1Cl.[Br-].[Br-].[Br-]. The summed E-state index contributed by atoms with van der Waals surface area (Å²) in [6, 6.07) is 0. The molecule has 0 aliphatic heterocycles. The Balaban J connectivity index is 0.00000384. The van der Waals surface area contributed by atoms with Gasteiger partial charge >= 0.3 is 0 Å². The Morgan fingerprint density at radius 3 is 0.917 bits per heavy atom. The van der Waals surface area contributed by atoms with Crippen molar-refractivity contribution in [2.45, 2.75) is 79.3 Å². The lowest BCUT2D eigenvalue weighted by molar-refractivity contribution is -0.687. The van der Waals surface area contributed by atoms with Crippen molar-refractivity contribution in [3.63, 3.8) is 0 Å². The summed E-state index contributed by atoms with van der Waals surface area (Å²) >= 11 is 39.9. The smallest absolute Gasteiger partial charge is 0.255 e. The summed E-state index contributed by atoms with van der Waals surface area (Å²) in [5.41, 5.74) is 6.44. The third-order valence-electron chi connectivity index (χ3n) is 8.23. The van der Waals surface area contributed by atoms with E-state index in [4.69, 9.17) is 69.6 Å². The van der Waals surface area contributed by atoms with Gasteiger partial charge in [-0.2, -0.15) is 0 Å². The zero-order valence-electron chi connectivity index (χ0n) is 26.6. The highest BCUT2D eigenvalue weighted by Gasteiger charge is 2.28. The minimum atomic E-state index is 0. The molecule has 0 saturated carbocycles. The minimum absolute atomic E-state index is 0. The molecular formula is C30H39Br3Cl6N6O3. The molecule has 18 heteroatoms. The number of aliphatic hydroxyl groups is 3. The van der Waals surface area contributed by atoms with Gasteiger partial charge in [0.1, 0.15) is 19.6 Å². The van der Waals surface area contributed by atoms with Crippen molar-refractivity contribution in [1.29, 1.82) is 0 Å². The molecular weight excluding hydrogens is 945 g/mol. The summed E-state index contributed by atoms with van der Waals surface area (Å²) in [7, 11) is 0. The third kappa shape index (κ3) is 10.1. The molecule has 270 valence electrons. The fourth-order valence-electron chi connectivity index (χ4n) is 5.65. The zero-order valence-corrected chi connectivity index (χ0v) is 35.9. The van der Waals surface area contributed by atoms with Crippen LogP contribution in [0.2, 0.25) is 30.9 Å². The standard InChI is InChI=1S/C30H39Cl6N6O3.3BrH/c1-19-22(13-40-16-37(7-4-10-43)25(31)28(40)34)20(2)24(15-42-18-39(9-6-12-45)27(33)30(42)36)21(3)23(19)14-41-17-38(8-5-11-44)26(32)29(41)35;;;/h16-18,43-45H,4-15H2,1-3H3;3*1H/q+3;;;/p-3. The van der Waals surface area contributed by atoms with Crippen molar-refractivity contribution < 1.29 is 80.0 Å². The number of aromatic nitrogens is 6. The molecule has 0 atom stereocenters. The van der Waals surface area contributed by atoms with E-state index >= 15 is 0 Å². The van der Waals surface area contributed by atoms with E-state index in [-0.39, 0.29) is 70.8 Å². The zero-order chi connectivity index (χ0) is 33.0.